The quantitative estimate of drug-likeness (QED) is 0.136. The molecular formula is H14Na4O16S6. The summed E-state index contributed by atoms with van der Waals surface area (Å²) in [5.41, 5.74) is 0. The maximum absolute atomic E-state index is 9.66. The van der Waals surface area contributed by atoms with Gasteiger partial charge in [-0.3, -0.25) is 8.42 Å². The van der Waals surface area contributed by atoms with Gasteiger partial charge in [0.25, 0.3) is 0 Å². The van der Waals surface area contributed by atoms with Crippen LogP contribution in [0.5, 0.6) is 0 Å². The molecule has 14 N–H and O–H groups in total. The summed E-state index contributed by atoms with van der Waals surface area (Å²) in [4.78, 5) is 0. The van der Waals surface area contributed by atoms with Crippen molar-refractivity contribution < 1.29 is 195 Å². The monoisotopic (exact) mass is 554 g/mol. The Labute approximate surface area is 249 Å². The number of hydrogen-bond donors (Lipinski definition) is 0. The third-order valence-corrected chi connectivity index (χ3v) is 6.75. The Balaban J connectivity index is -0.00000000890. The van der Waals surface area contributed by atoms with Crippen LogP contribution in [0.1, 0.15) is 0 Å². The first kappa shape index (κ1) is 86.7. The Morgan fingerprint density at radius 1 is 0.500 bits per heavy atom. The van der Waals surface area contributed by atoms with Crippen molar-refractivity contribution in [2.75, 3.05) is 0 Å². The van der Waals surface area contributed by atoms with E-state index in [1.54, 1.807) is 0 Å². The van der Waals surface area contributed by atoms with Crippen molar-refractivity contribution in [3.05, 3.63) is 0 Å². The standard InChI is InChI=1S/4Na.H2O6S4.H2O3S2.7H2O/c;;;;1-9(2,3)7-8-10(4,5)6;1-5(2,3)4;;;;;;;/h;;;;(H,1,2,3)(H,4,5,6);(H2,1,2,3,4);7*1H2/q4*+1;;;;;;;;;/p-4. The van der Waals surface area contributed by atoms with Crippen molar-refractivity contribution in [1.29, 1.82) is 0 Å². The molecule has 0 heterocycles. The normalized spacial score (nSPS) is 7.38. The molecule has 0 spiro atoms. The Morgan fingerprint density at radius 3 is 0.615 bits per heavy atom. The van der Waals surface area contributed by atoms with Gasteiger partial charge in [-0.1, -0.05) is 0 Å². The van der Waals surface area contributed by atoms with Gasteiger partial charge in [-0.2, -0.15) is 0 Å². The molecule has 0 atom stereocenters. The average Bonchev–Trinajstić information content (AvgIpc) is 1.76. The van der Waals surface area contributed by atoms with E-state index in [0.717, 1.165) is 0 Å². The zero-order valence-electron chi connectivity index (χ0n) is 13.6. The molecule has 26 heteroatoms. The predicted octanol–water partition coefficient (Wildman–Crippen LogP) is -19.5. The molecule has 0 saturated carbocycles. The summed E-state index contributed by atoms with van der Waals surface area (Å²) in [5.74, 6) is 0. The molecular weight excluding hydrogens is 540 g/mol. The van der Waals surface area contributed by atoms with Gasteiger partial charge in [-0.25, -0.2) is 16.8 Å². The van der Waals surface area contributed by atoms with Crippen molar-refractivity contribution in [1.82, 2.24) is 0 Å². The SMILES string of the molecule is O.O.O.O.O.O.O.O=S(=O)([O-])SSS(=O)(=O)[O-].O=S(=O)([O-])[S-].[Na+].[Na+].[Na+].[Na+]. The molecule has 0 aliphatic rings. The number of hydrogen-bond acceptors (Lipinski definition) is 12. The molecule has 0 unspecified atom stereocenters. The first-order valence-corrected chi connectivity index (χ1v) is 10.5. The van der Waals surface area contributed by atoms with E-state index in [1.807, 2.05) is 0 Å². The summed E-state index contributed by atoms with van der Waals surface area (Å²) in [6.45, 7) is 0. The predicted molar refractivity (Wildman–Crippen MR) is 76.9 cm³/mol. The van der Waals surface area contributed by atoms with E-state index < -0.39 is 47.1 Å². The van der Waals surface area contributed by atoms with E-state index >= 15 is 0 Å². The summed E-state index contributed by atoms with van der Waals surface area (Å²) < 4.78 is 84.6. The van der Waals surface area contributed by atoms with Gasteiger partial charge in [-0.15, -0.1) is 0 Å². The van der Waals surface area contributed by atoms with Gasteiger partial charge in [0.2, 0.25) is 0 Å². The topological polar surface area (TPSA) is 392 Å². The van der Waals surface area contributed by atoms with Crippen molar-refractivity contribution in [3.8, 4) is 0 Å². The second kappa shape index (κ2) is 39.9. The minimum Gasteiger partial charge on any atom is -0.768 e. The Kier molecular flexibility index (Phi) is 133. The molecule has 150 valence electrons. The van der Waals surface area contributed by atoms with Crippen LogP contribution >= 0.6 is 19.7 Å². The summed E-state index contributed by atoms with van der Waals surface area (Å²) in [6.07, 6.45) is 0. The van der Waals surface area contributed by atoms with E-state index in [0.29, 0.717) is 0 Å². The van der Waals surface area contributed by atoms with Gasteiger partial charge in [0, 0.05) is 19.7 Å². The smallest absolute Gasteiger partial charge is 0.768 e. The molecule has 0 bridgehead atoms. The summed E-state index contributed by atoms with van der Waals surface area (Å²) in [7, 11) is -14.8. The van der Waals surface area contributed by atoms with E-state index in [1.165, 1.54) is 0 Å². The van der Waals surface area contributed by atoms with E-state index in [2.05, 4.69) is 11.7 Å². The molecule has 0 amide bonds. The van der Waals surface area contributed by atoms with Gasteiger partial charge < -0.3 is 63.7 Å². The van der Waals surface area contributed by atoms with Crippen LogP contribution in [0.3, 0.4) is 0 Å². The van der Waals surface area contributed by atoms with Crippen LogP contribution in [0.25, 0.3) is 0 Å². The third kappa shape index (κ3) is 163. The Hall–Kier alpha value is 4.50. The second-order valence-electron chi connectivity index (χ2n) is 1.36. The third-order valence-electron chi connectivity index (χ3n) is 0.194. The van der Waals surface area contributed by atoms with Gasteiger partial charge in [0.05, 0.1) is 0 Å². The molecule has 0 radical (unpaired) electrons. The number of rotatable bonds is 3. The van der Waals surface area contributed by atoms with Crippen LogP contribution < -0.4 is 118 Å². The average molecular weight is 554 g/mol. The van der Waals surface area contributed by atoms with Crippen molar-refractivity contribution >= 4 is 58.8 Å². The Bertz CT molecular complexity index is 439. The zero-order valence-corrected chi connectivity index (χ0v) is 26.5. The molecule has 0 rings (SSSR count). The van der Waals surface area contributed by atoms with Gasteiger partial charge in [0.15, 0.2) is 18.3 Å². The van der Waals surface area contributed by atoms with Gasteiger partial charge in [0.1, 0.15) is 0 Å². The maximum atomic E-state index is 9.66. The summed E-state index contributed by atoms with van der Waals surface area (Å²) in [6, 6.07) is 0. The molecule has 0 aromatic rings. The molecule has 0 saturated heterocycles. The molecule has 26 heavy (non-hydrogen) atoms. The van der Waals surface area contributed by atoms with Crippen LogP contribution in [0.2, 0.25) is 0 Å². The summed E-state index contributed by atoms with van der Waals surface area (Å²) >= 11 is 3.24. The van der Waals surface area contributed by atoms with Crippen LogP contribution in [0.4, 0.5) is 0 Å². The fraction of sp³-hybridized carbons (Fsp3) is 0. The maximum Gasteiger partial charge on any atom is 1.00 e. The molecule has 0 aliphatic heterocycles. The summed E-state index contributed by atoms with van der Waals surface area (Å²) in [5, 5.41) is 0. The van der Waals surface area contributed by atoms with Gasteiger partial charge >= 0.3 is 118 Å². The molecule has 0 aromatic heterocycles. The second-order valence-corrected chi connectivity index (χ2v) is 11.0. The van der Waals surface area contributed by atoms with Crippen molar-refractivity contribution in [2.24, 2.45) is 0 Å². The minimum atomic E-state index is -4.71. The van der Waals surface area contributed by atoms with Crippen LogP contribution in [-0.2, 0) is 39.1 Å². The Morgan fingerprint density at radius 2 is 0.577 bits per heavy atom. The van der Waals surface area contributed by atoms with Gasteiger partial charge in [-0.05, 0) is 9.15 Å². The van der Waals surface area contributed by atoms with E-state index in [-0.39, 0.29) is 157 Å². The largest absolute Gasteiger partial charge is 1.00 e. The van der Waals surface area contributed by atoms with E-state index in [9.17, 15) is 25.9 Å². The molecule has 0 fully saturated rings. The van der Waals surface area contributed by atoms with E-state index in [4.69, 9.17) is 13.0 Å². The molecule has 16 nitrogen and oxygen atoms in total. The first-order valence-electron chi connectivity index (χ1n) is 2.17. The molecule has 0 aliphatic carbocycles. The van der Waals surface area contributed by atoms with Crippen LogP contribution in [-0.4, -0.2) is 77.2 Å². The fourth-order valence-corrected chi connectivity index (χ4v) is 5.51. The van der Waals surface area contributed by atoms with Crippen LogP contribution in [0, 0.1) is 0 Å². The van der Waals surface area contributed by atoms with Crippen LogP contribution in [0.15, 0.2) is 0 Å². The van der Waals surface area contributed by atoms with Crippen molar-refractivity contribution in [3.63, 3.8) is 0 Å². The first-order chi connectivity index (χ1) is 6.21. The fourth-order valence-electron chi connectivity index (χ4n) is 0.0680. The van der Waals surface area contributed by atoms with Crippen molar-refractivity contribution in [2.45, 2.75) is 0 Å². The minimum absolute atomic E-state index is 0. The molecule has 0 aromatic carbocycles. The zero-order chi connectivity index (χ0) is 12.9.